The molecule has 1 N–H and O–H groups in total. The summed E-state index contributed by atoms with van der Waals surface area (Å²) in [6.45, 7) is 4.66. The molecule has 0 radical (unpaired) electrons. The average Bonchev–Trinajstić information content (AvgIpc) is 3.50. The third-order valence-electron chi connectivity index (χ3n) is 5.90. The van der Waals surface area contributed by atoms with Crippen molar-refractivity contribution in [1.82, 2.24) is 34.7 Å². The number of aryl methyl sites for hydroxylation is 2. The molecule has 2 aromatic carbocycles. The normalized spacial score (nSPS) is 11.1. The molecule has 0 bridgehead atoms. The van der Waals surface area contributed by atoms with Crippen molar-refractivity contribution in [1.29, 1.82) is 0 Å². The summed E-state index contributed by atoms with van der Waals surface area (Å²) in [6.07, 6.45) is 5.54. The third kappa shape index (κ3) is 4.05. The predicted molar refractivity (Wildman–Crippen MR) is 131 cm³/mol. The van der Waals surface area contributed by atoms with Gasteiger partial charge in [0.05, 0.1) is 17.9 Å². The molecule has 0 aliphatic rings. The smallest absolute Gasteiger partial charge is 0.292 e. The van der Waals surface area contributed by atoms with E-state index >= 15 is 0 Å². The molecule has 8 nitrogen and oxygen atoms in total. The van der Waals surface area contributed by atoms with Crippen molar-refractivity contribution in [3.8, 4) is 28.3 Å². The van der Waals surface area contributed by atoms with Gasteiger partial charge >= 0.3 is 5.69 Å². The van der Waals surface area contributed by atoms with Gasteiger partial charge in [-0.15, -0.1) is 10.2 Å². The fourth-order valence-corrected chi connectivity index (χ4v) is 4.20. The van der Waals surface area contributed by atoms with Crippen molar-refractivity contribution in [3.63, 3.8) is 0 Å². The van der Waals surface area contributed by atoms with Gasteiger partial charge in [0.2, 0.25) is 5.82 Å². The van der Waals surface area contributed by atoms with E-state index in [-0.39, 0.29) is 5.69 Å². The van der Waals surface area contributed by atoms with E-state index in [1.165, 1.54) is 0 Å². The first-order valence-electron chi connectivity index (χ1n) is 11.3. The second-order valence-corrected chi connectivity index (χ2v) is 8.23. The van der Waals surface area contributed by atoms with Gasteiger partial charge in [-0.2, -0.15) is 5.21 Å². The Morgan fingerprint density at radius 3 is 2.56 bits per heavy atom. The van der Waals surface area contributed by atoms with Crippen molar-refractivity contribution < 1.29 is 0 Å². The van der Waals surface area contributed by atoms with E-state index in [0.717, 1.165) is 52.2 Å². The summed E-state index contributed by atoms with van der Waals surface area (Å²) in [7, 11) is 0. The van der Waals surface area contributed by atoms with E-state index < -0.39 is 0 Å². The first-order chi connectivity index (χ1) is 16.7. The number of para-hydroxylation sites is 1. The molecule has 3 aromatic heterocycles. The van der Waals surface area contributed by atoms with Crippen LogP contribution in [0.3, 0.4) is 0 Å². The maximum absolute atomic E-state index is 13.4. The minimum atomic E-state index is -0.0223. The van der Waals surface area contributed by atoms with Gasteiger partial charge in [0.25, 0.3) is 0 Å². The molecule has 0 aliphatic carbocycles. The minimum Gasteiger partial charge on any atom is -0.292 e. The molecule has 0 saturated heterocycles. The van der Waals surface area contributed by atoms with Crippen LogP contribution in [0, 0.1) is 6.92 Å². The summed E-state index contributed by atoms with van der Waals surface area (Å²) in [6, 6.07) is 19.8. The van der Waals surface area contributed by atoms with Crippen molar-refractivity contribution in [3.05, 3.63) is 100 Å². The number of pyridine rings is 1. The second kappa shape index (κ2) is 9.27. The van der Waals surface area contributed by atoms with E-state index in [1.807, 2.05) is 78.4 Å². The Labute approximate surface area is 196 Å². The largest absolute Gasteiger partial charge is 0.333 e. The SMILES string of the molecule is CCCc1cn(-c2ccccc2C)c(=O)n1Cc1ccc(-c2ncccc2-c2nn[nH]n2)cc1. The van der Waals surface area contributed by atoms with E-state index in [2.05, 4.69) is 32.5 Å². The standard InChI is InChI=1S/C26H25N7O/c1-3-7-21-17-33(23-10-5-4-8-18(23)2)26(34)32(21)16-19-11-13-20(14-12-19)24-22(9-6-15-27-24)25-28-30-31-29-25/h4-6,8-15,17H,3,7,16H2,1-2H3,(H,28,29,30,31). The predicted octanol–water partition coefficient (Wildman–Crippen LogP) is 4.19. The maximum Gasteiger partial charge on any atom is 0.333 e. The minimum absolute atomic E-state index is 0.0223. The van der Waals surface area contributed by atoms with E-state index in [1.54, 1.807) is 10.8 Å². The molecule has 3 heterocycles. The fraction of sp³-hybridized carbons (Fsp3) is 0.192. The van der Waals surface area contributed by atoms with Crippen molar-refractivity contribution in [2.45, 2.75) is 33.2 Å². The number of aromatic nitrogens is 7. The number of benzene rings is 2. The Kier molecular flexibility index (Phi) is 5.86. The number of imidazole rings is 1. The van der Waals surface area contributed by atoms with Crippen LogP contribution in [0.25, 0.3) is 28.3 Å². The second-order valence-electron chi connectivity index (χ2n) is 8.23. The first kappa shape index (κ1) is 21.5. The van der Waals surface area contributed by atoms with Gasteiger partial charge < -0.3 is 0 Å². The zero-order valence-electron chi connectivity index (χ0n) is 19.1. The van der Waals surface area contributed by atoms with Crippen molar-refractivity contribution in [2.24, 2.45) is 0 Å². The average molecular weight is 452 g/mol. The first-order valence-corrected chi connectivity index (χ1v) is 11.3. The molecule has 0 fully saturated rings. The number of H-pyrrole nitrogens is 1. The quantitative estimate of drug-likeness (QED) is 0.400. The molecule has 0 spiro atoms. The van der Waals surface area contributed by atoms with Gasteiger partial charge in [-0.3, -0.25) is 14.1 Å². The van der Waals surface area contributed by atoms with Crippen LogP contribution in [-0.2, 0) is 13.0 Å². The monoisotopic (exact) mass is 451 g/mol. The lowest BCUT2D eigenvalue weighted by molar-refractivity contribution is 0.691. The molecule has 5 rings (SSSR count). The molecule has 0 amide bonds. The lowest BCUT2D eigenvalue weighted by Gasteiger charge is -2.09. The zero-order valence-corrected chi connectivity index (χ0v) is 19.1. The lowest BCUT2D eigenvalue weighted by Crippen LogP contribution is -2.25. The lowest BCUT2D eigenvalue weighted by atomic mass is 10.0. The Morgan fingerprint density at radius 1 is 1.00 bits per heavy atom. The van der Waals surface area contributed by atoms with E-state index in [4.69, 9.17) is 0 Å². The van der Waals surface area contributed by atoms with Crippen LogP contribution in [0.5, 0.6) is 0 Å². The molecular formula is C26H25N7O. The van der Waals surface area contributed by atoms with Gasteiger partial charge in [-0.25, -0.2) is 4.79 Å². The van der Waals surface area contributed by atoms with Crippen molar-refractivity contribution in [2.75, 3.05) is 0 Å². The maximum atomic E-state index is 13.4. The Morgan fingerprint density at radius 2 is 1.82 bits per heavy atom. The Balaban J connectivity index is 1.48. The number of hydrogen-bond donors (Lipinski definition) is 1. The molecule has 0 atom stereocenters. The van der Waals surface area contributed by atoms with Crippen LogP contribution in [0.4, 0.5) is 0 Å². The highest BCUT2D eigenvalue weighted by Gasteiger charge is 2.15. The zero-order chi connectivity index (χ0) is 23.5. The number of rotatable bonds is 7. The third-order valence-corrected chi connectivity index (χ3v) is 5.90. The molecule has 0 unspecified atom stereocenters. The molecule has 170 valence electrons. The molecule has 5 aromatic rings. The number of nitrogens with one attached hydrogen (secondary N) is 1. The summed E-state index contributed by atoms with van der Waals surface area (Å²) >= 11 is 0. The highest BCUT2D eigenvalue weighted by atomic mass is 16.1. The summed E-state index contributed by atoms with van der Waals surface area (Å²) in [5.41, 5.74) is 6.58. The van der Waals surface area contributed by atoms with Gasteiger partial charge in [-0.1, -0.05) is 55.8 Å². The highest BCUT2D eigenvalue weighted by Crippen LogP contribution is 2.27. The Hall–Kier alpha value is -4.33. The van der Waals surface area contributed by atoms with E-state index in [0.29, 0.717) is 12.4 Å². The number of tetrazole rings is 1. The summed E-state index contributed by atoms with van der Waals surface area (Å²) < 4.78 is 3.64. The molecular weight excluding hydrogens is 426 g/mol. The Bertz CT molecular complexity index is 1460. The molecule has 0 aliphatic heterocycles. The van der Waals surface area contributed by atoms with Crippen molar-refractivity contribution >= 4 is 0 Å². The summed E-state index contributed by atoms with van der Waals surface area (Å²) in [4.78, 5) is 17.9. The highest BCUT2D eigenvalue weighted by molar-refractivity contribution is 5.76. The van der Waals surface area contributed by atoms with Crippen LogP contribution in [0.1, 0.15) is 30.2 Å². The van der Waals surface area contributed by atoms with Crippen LogP contribution < -0.4 is 5.69 Å². The van der Waals surface area contributed by atoms with Crippen LogP contribution in [-0.4, -0.2) is 34.7 Å². The van der Waals surface area contributed by atoms with Crippen LogP contribution >= 0.6 is 0 Å². The number of hydrogen-bond acceptors (Lipinski definition) is 5. The van der Waals surface area contributed by atoms with E-state index in [9.17, 15) is 4.79 Å². The molecule has 34 heavy (non-hydrogen) atoms. The number of aromatic amines is 1. The van der Waals surface area contributed by atoms with Gasteiger partial charge in [0.1, 0.15) is 0 Å². The summed E-state index contributed by atoms with van der Waals surface area (Å²) in [5, 5.41) is 14.3. The molecule has 0 saturated carbocycles. The van der Waals surface area contributed by atoms with Gasteiger partial charge in [0.15, 0.2) is 0 Å². The van der Waals surface area contributed by atoms with Crippen LogP contribution in [0.2, 0.25) is 0 Å². The van der Waals surface area contributed by atoms with Gasteiger partial charge in [-0.05, 0) is 47.9 Å². The topological polar surface area (TPSA) is 94.3 Å². The fourth-order valence-electron chi connectivity index (χ4n) is 4.20. The van der Waals surface area contributed by atoms with Crippen LogP contribution in [0.15, 0.2) is 77.9 Å². The summed E-state index contributed by atoms with van der Waals surface area (Å²) in [5.74, 6) is 0.500. The number of nitrogens with zero attached hydrogens (tertiary/aromatic N) is 6. The van der Waals surface area contributed by atoms with Gasteiger partial charge in [0, 0.05) is 29.2 Å². The molecule has 8 heteroatoms.